The Bertz CT molecular complexity index is 922. The van der Waals surface area contributed by atoms with Gasteiger partial charge >= 0.3 is 0 Å². The summed E-state index contributed by atoms with van der Waals surface area (Å²) < 4.78 is 27.3. The molecule has 1 aliphatic carbocycles. The van der Waals surface area contributed by atoms with Crippen LogP contribution in [-0.4, -0.2) is 20.9 Å². The predicted octanol–water partition coefficient (Wildman–Crippen LogP) is 2.78. The van der Waals surface area contributed by atoms with E-state index in [-0.39, 0.29) is 29.8 Å². The summed E-state index contributed by atoms with van der Waals surface area (Å²) in [6.07, 6.45) is 1.96. The summed E-state index contributed by atoms with van der Waals surface area (Å²) in [5.74, 6) is -0.143. The van der Waals surface area contributed by atoms with Crippen LogP contribution in [0.3, 0.4) is 0 Å². The molecule has 1 unspecified atom stereocenters. The molecule has 0 bridgehead atoms. The van der Waals surface area contributed by atoms with Crippen molar-refractivity contribution in [1.29, 1.82) is 0 Å². The van der Waals surface area contributed by atoms with Gasteiger partial charge in [0.2, 0.25) is 15.9 Å². The number of amides is 1. The van der Waals surface area contributed by atoms with E-state index in [9.17, 15) is 13.2 Å². The molecular formula is C20H24N2O3S. The molecule has 1 amide bonds. The van der Waals surface area contributed by atoms with Gasteiger partial charge in [-0.15, -0.1) is 0 Å². The van der Waals surface area contributed by atoms with Gasteiger partial charge in [-0.05, 0) is 49.4 Å². The highest BCUT2D eigenvalue weighted by molar-refractivity contribution is 7.89. The molecule has 2 N–H and O–H groups in total. The van der Waals surface area contributed by atoms with Crippen LogP contribution in [0.1, 0.15) is 41.1 Å². The Morgan fingerprint density at radius 2 is 1.92 bits per heavy atom. The molecule has 0 saturated carbocycles. The highest BCUT2D eigenvalue weighted by atomic mass is 32.2. The van der Waals surface area contributed by atoms with Crippen molar-refractivity contribution in [3.63, 3.8) is 0 Å². The van der Waals surface area contributed by atoms with Crippen molar-refractivity contribution < 1.29 is 13.2 Å². The second kappa shape index (κ2) is 7.60. The fraction of sp³-hybridized carbons (Fsp3) is 0.350. The van der Waals surface area contributed by atoms with E-state index in [2.05, 4.69) is 16.1 Å². The molecule has 1 aliphatic rings. The van der Waals surface area contributed by atoms with E-state index in [4.69, 9.17) is 0 Å². The molecule has 0 spiro atoms. The van der Waals surface area contributed by atoms with E-state index in [1.807, 2.05) is 31.2 Å². The first-order valence-corrected chi connectivity index (χ1v) is 10.3. The van der Waals surface area contributed by atoms with E-state index < -0.39 is 10.0 Å². The van der Waals surface area contributed by atoms with Gasteiger partial charge in [0.15, 0.2) is 0 Å². The van der Waals surface area contributed by atoms with Crippen molar-refractivity contribution in [2.75, 3.05) is 6.54 Å². The SMILES string of the molecule is Cc1ccc(S(=O)(=O)NCCC(=O)NC2CCc3ccccc32)c(C)c1. The summed E-state index contributed by atoms with van der Waals surface area (Å²) in [4.78, 5) is 12.5. The van der Waals surface area contributed by atoms with Crippen LogP contribution >= 0.6 is 0 Å². The minimum Gasteiger partial charge on any atom is -0.349 e. The standard InChI is InChI=1S/C20H24N2O3S/c1-14-7-10-19(15(2)13-14)26(24,25)21-12-11-20(23)22-18-9-8-16-5-3-4-6-17(16)18/h3-7,10,13,18,21H,8-9,11-12H2,1-2H3,(H,22,23). The van der Waals surface area contributed by atoms with Crippen molar-refractivity contribution in [3.05, 3.63) is 64.7 Å². The first-order valence-electron chi connectivity index (χ1n) is 8.81. The van der Waals surface area contributed by atoms with Crippen LogP contribution in [0.5, 0.6) is 0 Å². The molecule has 26 heavy (non-hydrogen) atoms. The van der Waals surface area contributed by atoms with Gasteiger partial charge in [-0.25, -0.2) is 13.1 Å². The smallest absolute Gasteiger partial charge is 0.240 e. The highest BCUT2D eigenvalue weighted by Crippen LogP contribution is 2.30. The van der Waals surface area contributed by atoms with Gasteiger partial charge < -0.3 is 5.32 Å². The Balaban J connectivity index is 1.54. The minimum absolute atomic E-state index is 0.0228. The summed E-state index contributed by atoms with van der Waals surface area (Å²) in [6.45, 7) is 3.77. The molecule has 1 atom stereocenters. The molecule has 0 radical (unpaired) electrons. The number of sulfonamides is 1. The lowest BCUT2D eigenvalue weighted by Crippen LogP contribution is -2.32. The lowest BCUT2D eigenvalue weighted by Gasteiger charge is -2.14. The number of nitrogens with one attached hydrogen (secondary N) is 2. The summed E-state index contributed by atoms with van der Waals surface area (Å²) in [7, 11) is -3.61. The quantitative estimate of drug-likeness (QED) is 0.819. The van der Waals surface area contributed by atoms with Gasteiger partial charge in [-0.2, -0.15) is 0 Å². The van der Waals surface area contributed by atoms with Gasteiger partial charge in [0.25, 0.3) is 0 Å². The number of carbonyl (C=O) groups is 1. The Labute approximate surface area is 154 Å². The first-order chi connectivity index (χ1) is 12.4. The van der Waals surface area contributed by atoms with Crippen LogP contribution < -0.4 is 10.0 Å². The molecule has 138 valence electrons. The first kappa shape index (κ1) is 18.6. The maximum Gasteiger partial charge on any atom is 0.240 e. The zero-order chi connectivity index (χ0) is 18.7. The number of aryl methyl sites for hydroxylation is 3. The van der Waals surface area contributed by atoms with Crippen LogP contribution in [0.15, 0.2) is 47.4 Å². The normalized spacial score (nSPS) is 16.3. The van der Waals surface area contributed by atoms with Crippen LogP contribution in [-0.2, 0) is 21.2 Å². The van der Waals surface area contributed by atoms with Crippen molar-refractivity contribution >= 4 is 15.9 Å². The monoisotopic (exact) mass is 372 g/mol. The van der Waals surface area contributed by atoms with Crippen molar-refractivity contribution in [1.82, 2.24) is 10.0 Å². The fourth-order valence-corrected chi connectivity index (χ4v) is 4.71. The van der Waals surface area contributed by atoms with E-state index in [0.29, 0.717) is 5.56 Å². The van der Waals surface area contributed by atoms with Crippen LogP contribution in [0.2, 0.25) is 0 Å². The molecular weight excluding hydrogens is 348 g/mol. The van der Waals surface area contributed by atoms with E-state index in [1.165, 1.54) is 5.56 Å². The fourth-order valence-electron chi connectivity index (χ4n) is 3.45. The zero-order valence-corrected chi connectivity index (χ0v) is 15.9. The molecule has 0 saturated heterocycles. The lowest BCUT2D eigenvalue weighted by atomic mass is 10.1. The van der Waals surface area contributed by atoms with Gasteiger partial charge in [-0.3, -0.25) is 4.79 Å². The number of fused-ring (bicyclic) bond motifs is 1. The van der Waals surface area contributed by atoms with Crippen LogP contribution in [0.25, 0.3) is 0 Å². The minimum atomic E-state index is -3.61. The molecule has 6 heteroatoms. The molecule has 2 aromatic carbocycles. The third-order valence-corrected chi connectivity index (χ3v) is 6.35. The number of hydrogen-bond acceptors (Lipinski definition) is 3. The topological polar surface area (TPSA) is 75.3 Å². The average Bonchev–Trinajstić information content (AvgIpc) is 2.97. The molecule has 5 nitrogen and oxygen atoms in total. The Kier molecular flexibility index (Phi) is 5.44. The Morgan fingerprint density at radius 1 is 1.15 bits per heavy atom. The summed E-state index contributed by atoms with van der Waals surface area (Å²) in [5.41, 5.74) is 4.15. The van der Waals surface area contributed by atoms with Gasteiger partial charge in [0, 0.05) is 13.0 Å². The molecule has 0 fully saturated rings. The van der Waals surface area contributed by atoms with Gasteiger partial charge in [0.1, 0.15) is 0 Å². The van der Waals surface area contributed by atoms with Crippen LogP contribution in [0.4, 0.5) is 0 Å². The molecule has 0 aromatic heterocycles. The van der Waals surface area contributed by atoms with Crippen molar-refractivity contribution in [2.24, 2.45) is 0 Å². The summed E-state index contributed by atoms with van der Waals surface area (Å²) in [6, 6.07) is 13.3. The highest BCUT2D eigenvalue weighted by Gasteiger charge is 2.23. The predicted molar refractivity (Wildman–Crippen MR) is 101 cm³/mol. The average molecular weight is 372 g/mol. The Hall–Kier alpha value is -2.18. The summed E-state index contributed by atoms with van der Waals surface area (Å²) in [5, 5.41) is 3.01. The van der Waals surface area contributed by atoms with Gasteiger partial charge in [-0.1, -0.05) is 42.0 Å². The molecule has 2 aromatic rings. The number of hydrogen-bond donors (Lipinski definition) is 2. The van der Waals surface area contributed by atoms with Gasteiger partial charge in [0.05, 0.1) is 10.9 Å². The van der Waals surface area contributed by atoms with E-state index in [1.54, 1.807) is 19.1 Å². The van der Waals surface area contributed by atoms with Crippen molar-refractivity contribution in [2.45, 2.75) is 44.0 Å². The lowest BCUT2D eigenvalue weighted by molar-refractivity contribution is -0.121. The summed E-state index contributed by atoms with van der Waals surface area (Å²) >= 11 is 0. The van der Waals surface area contributed by atoms with E-state index in [0.717, 1.165) is 24.0 Å². The van der Waals surface area contributed by atoms with Crippen LogP contribution in [0, 0.1) is 13.8 Å². The molecule has 0 aliphatic heterocycles. The van der Waals surface area contributed by atoms with E-state index >= 15 is 0 Å². The third kappa shape index (κ3) is 4.14. The maximum atomic E-state index is 12.4. The number of rotatable bonds is 6. The number of carbonyl (C=O) groups excluding carboxylic acids is 1. The zero-order valence-electron chi connectivity index (χ0n) is 15.1. The molecule has 0 heterocycles. The third-order valence-electron chi connectivity index (χ3n) is 4.73. The largest absolute Gasteiger partial charge is 0.349 e. The van der Waals surface area contributed by atoms with Crippen molar-refractivity contribution in [3.8, 4) is 0 Å². The molecule has 3 rings (SSSR count). The number of benzene rings is 2. The Morgan fingerprint density at radius 3 is 2.69 bits per heavy atom. The maximum absolute atomic E-state index is 12.4. The second-order valence-electron chi connectivity index (χ2n) is 6.77. The second-order valence-corrected chi connectivity index (χ2v) is 8.51.